The molecule has 1 amide bonds. The number of aromatic nitrogens is 2. The van der Waals surface area contributed by atoms with Gasteiger partial charge in [-0.15, -0.1) is 10.2 Å². The maximum atomic E-state index is 12.0. The highest BCUT2D eigenvalue weighted by atomic mass is 32.2. The van der Waals surface area contributed by atoms with E-state index >= 15 is 0 Å². The second-order valence-corrected chi connectivity index (χ2v) is 6.61. The maximum absolute atomic E-state index is 12.0. The number of carbonyl (C=O) groups excluding carboxylic acids is 1. The molecular weight excluding hydrogens is 320 g/mol. The minimum atomic E-state index is -0.0103. The molecule has 6 nitrogen and oxygen atoms in total. The number of rotatable bonds is 9. The Kier molecular flexibility index (Phi) is 6.88. The van der Waals surface area contributed by atoms with Crippen LogP contribution >= 0.6 is 23.1 Å². The lowest BCUT2D eigenvalue weighted by atomic mass is 10.2. The van der Waals surface area contributed by atoms with E-state index in [-0.39, 0.29) is 11.9 Å². The Labute approximate surface area is 138 Å². The number of carbonyl (C=O) groups is 1. The third kappa shape index (κ3) is 4.82. The first-order chi connectivity index (χ1) is 10.7. The highest BCUT2D eigenvalue weighted by Crippen LogP contribution is 2.21. The molecule has 0 aliphatic heterocycles. The summed E-state index contributed by atoms with van der Waals surface area (Å²) in [5.41, 5.74) is 1.66. The second kappa shape index (κ2) is 8.92. The summed E-state index contributed by atoms with van der Waals surface area (Å²) in [6, 6.07) is 3.88. The minimum absolute atomic E-state index is 0.0103. The van der Waals surface area contributed by atoms with Crippen molar-refractivity contribution in [1.82, 2.24) is 20.4 Å². The van der Waals surface area contributed by atoms with Crippen LogP contribution in [-0.2, 0) is 4.79 Å². The number of nitrogens with one attached hydrogen (secondary N) is 1. The van der Waals surface area contributed by atoms with Crippen molar-refractivity contribution >= 4 is 29.0 Å². The fourth-order valence-corrected chi connectivity index (χ4v) is 3.49. The molecule has 0 aliphatic carbocycles. The molecule has 2 aromatic rings. The number of thioether (sulfide) groups is 1. The van der Waals surface area contributed by atoms with Crippen LogP contribution in [0.2, 0.25) is 0 Å². The van der Waals surface area contributed by atoms with Gasteiger partial charge < -0.3 is 9.73 Å². The zero-order chi connectivity index (χ0) is 15.8. The quantitative estimate of drug-likeness (QED) is 0.707. The molecule has 1 atom stereocenters. The molecule has 8 heteroatoms. The van der Waals surface area contributed by atoms with Crippen LogP contribution in [0.15, 0.2) is 32.7 Å². The zero-order valence-electron chi connectivity index (χ0n) is 12.7. The summed E-state index contributed by atoms with van der Waals surface area (Å²) < 4.78 is 6.32. The molecule has 0 aliphatic rings. The first-order valence-electron chi connectivity index (χ1n) is 7.17. The fourth-order valence-electron chi connectivity index (χ4n) is 2.17. The number of furan rings is 1. The van der Waals surface area contributed by atoms with Gasteiger partial charge in [-0.3, -0.25) is 9.69 Å². The van der Waals surface area contributed by atoms with E-state index in [2.05, 4.69) is 34.3 Å². The topological polar surface area (TPSA) is 71.3 Å². The van der Waals surface area contributed by atoms with Gasteiger partial charge in [0.05, 0.1) is 18.1 Å². The van der Waals surface area contributed by atoms with Crippen molar-refractivity contribution in [3.63, 3.8) is 0 Å². The van der Waals surface area contributed by atoms with Crippen LogP contribution in [0.3, 0.4) is 0 Å². The Hall–Kier alpha value is -1.38. The molecule has 120 valence electrons. The molecular formula is C14H20N4O2S2. The van der Waals surface area contributed by atoms with E-state index in [1.54, 1.807) is 11.8 Å². The smallest absolute Gasteiger partial charge is 0.230 e. The van der Waals surface area contributed by atoms with Gasteiger partial charge in [-0.05, 0) is 25.2 Å². The van der Waals surface area contributed by atoms with Crippen molar-refractivity contribution in [1.29, 1.82) is 0 Å². The van der Waals surface area contributed by atoms with Crippen LogP contribution in [0.4, 0.5) is 0 Å². The first kappa shape index (κ1) is 17.0. The molecule has 0 radical (unpaired) electrons. The van der Waals surface area contributed by atoms with Crippen molar-refractivity contribution in [2.45, 2.75) is 24.2 Å². The molecule has 0 spiro atoms. The van der Waals surface area contributed by atoms with E-state index in [4.69, 9.17) is 4.42 Å². The van der Waals surface area contributed by atoms with E-state index in [0.29, 0.717) is 12.3 Å². The predicted octanol–water partition coefficient (Wildman–Crippen LogP) is 2.42. The number of likely N-dealkylation sites (N-methyl/N-ethyl adjacent to an activating group) is 1. The van der Waals surface area contributed by atoms with Gasteiger partial charge in [0.2, 0.25) is 5.91 Å². The predicted molar refractivity (Wildman–Crippen MR) is 88.0 cm³/mol. The Morgan fingerprint density at radius 2 is 2.32 bits per heavy atom. The van der Waals surface area contributed by atoms with Gasteiger partial charge in [-0.25, -0.2) is 0 Å². The summed E-state index contributed by atoms with van der Waals surface area (Å²) >= 11 is 2.84. The summed E-state index contributed by atoms with van der Waals surface area (Å²) in [6.45, 7) is 6.54. The van der Waals surface area contributed by atoms with Crippen LogP contribution in [0.25, 0.3) is 0 Å². The molecule has 2 heterocycles. The SMILES string of the molecule is CCN(CC)[C@@H](CNC(=O)CSc1nncs1)c1ccco1. The molecule has 2 rings (SSSR count). The highest BCUT2D eigenvalue weighted by Gasteiger charge is 2.21. The molecule has 0 bridgehead atoms. The van der Waals surface area contributed by atoms with E-state index in [0.717, 1.165) is 23.2 Å². The normalized spacial score (nSPS) is 12.5. The third-order valence-electron chi connectivity index (χ3n) is 3.28. The molecule has 2 aromatic heterocycles. The van der Waals surface area contributed by atoms with Crippen molar-refractivity contribution in [2.24, 2.45) is 0 Å². The van der Waals surface area contributed by atoms with Gasteiger partial charge in [-0.1, -0.05) is 36.9 Å². The van der Waals surface area contributed by atoms with E-state index in [1.807, 2.05) is 12.1 Å². The molecule has 0 aromatic carbocycles. The molecule has 0 saturated heterocycles. The van der Waals surface area contributed by atoms with Crippen LogP contribution in [0, 0.1) is 0 Å². The minimum Gasteiger partial charge on any atom is -0.468 e. The summed E-state index contributed by atoms with van der Waals surface area (Å²) in [4.78, 5) is 14.2. The Morgan fingerprint density at radius 1 is 1.50 bits per heavy atom. The molecule has 0 unspecified atom stereocenters. The van der Waals surface area contributed by atoms with E-state index in [9.17, 15) is 4.79 Å². The van der Waals surface area contributed by atoms with Gasteiger partial charge in [0, 0.05) is 6.54 Å². The lowest BCUT2D eigenvalue weighted by Crippen LogP contribution is -2.38. The Balaban J connectivity index is 1.86. The number of hydrogen-bond donors (Lipinski definition) is 1. The molecule has 0 saturated carbocycles. The largest absolute Gasteiger partial charge is 0.468 e. The van der Waals surface area contributed by atoms with Gasteiger partial charge in [0.25, 0.3) is 0 Å². The average Bonchev–Trinajstić information content (AvgIpc) is 3.22. The zero-order valence-corrected chi connectivity index (χ0v) is 14.3. The maximum Gasteiger partial charge on any atom is 0.230 e. The van der Waals surface area contributed by atoms with Gasteiger partial charge in [0.15, 0.2) is 4.34 Å². The average molecular weight is 340 g/mol. The van der Waals surface area contributed by atoms with Crippen molar-refractivity contribution in [3.8, 4) is 0 Å². The third-order valence-corrected chi connectivity index (χ3v) is 5.14. The molecule has 1 N–H and O–H groups in total. The van der Waals surface area contributed by atoms with Crippen molar-refractivity contribution < 1.29 is 9.21 Å². The first-order valence-corrected chi connectivity index (χ1v) is 9.04. The van der Waals surface area contributed by atoms with Gasteiger partial charge in [-0.2, -0.15) is 0 Å². The standard InChI is InChI=1S/C14H20N4O2S2/c1-3-18(4-2)11(12-6-5-7-20-12)8-15-13(19)9-21-14-17-16-10-22-14/h5-7,10-11H,3-4,8-9H2,1-2H3,(H,15,19)/t11-/m0/s1. The summed E-state index contributed by atoms with van der Waals surface area (Å²) in [6.07, 6.45) is 1.67. The fraction of sp³-hybridized carbons (Fsp3) is 0.500. The number of hydrogen-bond acceptors (Lipinski definition) is 7. The van der Waals surface area contributed by atoms with Crippen molar-refractivity contribution in [2.75, 3.05) is 25.4 Å². The number of amides is 1. The van der Waals surface area contributed by atoms with E-state index in [1.165, 1.54) is 23.1 Å². The monoisotopic (exact) mass is 340 g/mol. The lowest BCUT2D eigenvalue weighted by molar-refractivity contribution is -0.118. The number of nitrogens with zero attached hydrogens (tertiary/aromatic N) is 3. The Bertz CT molecular complexity index is 541. The highest BCUT2D eigenvalue weighted by molar-refractivity contribution is 8.01. The van der Waals surface area contributed by atoms with E-state index < -0.39 is 0 Å². The summed E-state index contributed by atoms with van der Waals surface area (Å²) in [5, 5.41) is 10.6. The molecule has 0 fully saturated rings. The van der Waals surface area contributed by atoms with Crippen LogP contribution in [0.1, 0.15) is 25.6 Å². The van der Waals surface area contributed by atoms with Crippen LogP contribution in [-0.4, -0.2) is 46.4 Å². The lowest BCUT2D eigenvalue weighted by Gasteiger charge is -2.28. The summed E-state index contributed by atoms with van der Waals surface area (Å²) in [5.74, 6) is 1.21. The Morgan fingerprint density at radius 3 is 2.91 bits per heavy atom. The van der Waals surface area contributed by atoms with Gasteiger partial charge in [0.1, 0.15) is 11.3 Å². The second-order valence-electron chi connectivity index (χ2n) is 4.55. The van der Waals surface area contributed by atoms with Gasteiger partial charge >= 0.3 is 0 Å². The molecule has 22 heavy (non-hydrogen) atoms. The van der Waals surface area contributed by atoms with Crippen molar-refractivity contribution in [3.05, 3.63) is 29.7 Å². The van der Waals surface area contributed by atoms with Crippen LogP contribution in [0.5, 0.6) is 0 Å². The van der Waals surface area contributed by atoms with Crippen LogP contribution < -0.4 is 5.32 Å². The summed E-state index contributed by atoms with van der Waals surface area (Å²) in [7, 11) is 0.